The van der Waals surface area contributed by atoms with Crippen LogP contribution in [0, 0.1) is 5.92 Å². The van der Waals surface area contributed by atoms with Crippen LogP contribution in [0.2, 0.25) is 0 Å². The predicted octanol–water partition coefficient (Wildman–Crippen LogP) is 4.55. The second kappa shape index (κ2) is 8.70. The van der Waals surface area contributed by atoms with E-state index in [2.05, 4.69) is 29.6 Å². The number of carbonyl (C=O) groups excluding carboxylic acids is 2. The molecule has 1 saturated heterocycles. The van der Waals surface area contributed by atoms with Crippen molar-refractivity contribution in [3.05, 3.63) is 59.7 Å². The second-order valence-corrected chi connectivity index (χ2v) is 10.3. The highest BCUT2D eigenvalue weighted by atomic mass is 16.5. The van der Waals surface area contributed by atoms with Crippen molar-refractivity contribution >= 4 is 18.0 Å². The maximum atomic E-state index is 13.7. The number of carboxylic acids is 1. The van der Waals surface area contributed by atoms with Gasteiger partial charge in [0.15, 0.2) is 0 Å². The third kappa shape index (κ3) is 3.77. The number of nitrogens with one attached hydrogen (secondary N) is 1. The Bertz CT molecular complexity index is 1130. The number of ether oxygens (including phenoxy) is 1. The Morgan fingerprint density at radius 3 is 2.34 bits per heavy atom. The highest BCUT2D eigenvalue weighted by Gasteiger charge is 2.67. The first-order valence-electron chi connectivity index (χ1n) is 12.5. The van der Waals surface area contributed by atoms with Crippen LogP contribution in [0.1, 0.15) is 63.0 Å². The average molecular weight is 477 g/mol. The lowest BCUT2D eigenvalue weighted by Crippen LogP contribution is -2.63. The molecule has 2 fully saturated rings. The van der Waals surface area contributed by atoms with Gasteiger partial charge in [-0.15, -0.1) is 0 Å². The predicted molar refractivity (Wildman–Crippen MR) is 131 cm³/mol. The summed E-state index contributed by atoms with van der Waals surface area (Å²) in [6.45, 7) is 4.17. The maximum absolute atomic E-state index is 13.7. The monoisotopic (exact) mass is 476 g/mol. The second-order valence-electron chi connectivity index (χ2n) is 10.3. The third-order valence-corrected chi connectivity index (χ3v) is 8.05. The molecule has 3 aliphatic rings. The number of rotatable bonds is 7. The smallest absolute Gasteiger partial charge is 0.408 e. The molecule has 1 saturated carbocycles. The molecule has 2 aromatic rings. The van der Waals surface area contributed by atoms with Crippen LogP contribution in [0.3, 0.4) is 0 Å². The normalized spacial score (nSPS) is 23.9. The zero-order chi connectivity index (χ0) is 24.8. The van der Waals surface area contributed by atoms with Crippen molar-refractivity contribution in [2.24, 2.45) is 5.92 Å². The fourth-order valence-electron chi connectivity index (χ4n) is 6.22. The molecule has 0 radical (unpaired) electrons. The Balaban J connectivity index is 1.31. The lowest BCUT2D eigenvalue weighted by atomic mass is 9.91. The summed E-state index contributed by atoms with van der Waals surface area (Å²) >= 11 is 0. The Hall–Kier alpha value is -3.35. The van der Waals surface area contributed by atoms with Crippen LogP contribution in [0.4, 0.5) is 4.79 Å². The molecule has 1 heterocycles. The molecule has 2 amide bonds. The van der Waals surface area contributed by atoms with Crippen LogP contribution < -0.4 is 5.32 Å². The fraction of sp³-hybridized carbons (Fsp3) is 0.464. The number of alkyl carbamates (subject to hydrolysis) is 1. The minimum absolute atomic E-state index is 0.00182. The molecule has 2 aromatic carbocycles. The van der Waals surface area contributed by atoms with Gasteiger partial charge in [0.2, 0.25) is 5.91 Å². The van der Waals surface area contributed by atoms with Crippen molar-refractivity contribution in [1.29, 1.82) is 0 Å². The van der Waals surface area contributed by atoms with E-state index in [9.17, 15) is 19.5 Å². The van der Waals surface area contributed by atoms with Gasteiger partial charge in [-0.3, -0.25) is 4.79 Å². The van der Waals surface area contributed by atoms with Crippen molar-refractivity contribution in [3.8, 4) is 11.1 Å². The molecular formula is C28H32N2O5. The first kappa shape index (κ1) is 23.4. The largest absolute Gasteiger partial charge is 0.479 e. The van der Waals surface area contributed by atoms with E-state index in [1.165, 1.54) is 4.90 Å². The van der Waals surface area contributed by atoms with Crippen molar-refractivity contribution < 1.29 is 24.2 Å². The minimum Gasteiger partial charge on any atom is -0.479 e. The van der Waals surface area contributed by atoms with E-state index in [4.69, 9.17) is 4.74 Å². The molecule has 0 aromatic heterocycles. The molecule has 1 aliphatic heterocycles. The standard InChI is InChI=1S/C28H32N2O5/c1-3-14-27(2,24(31)30-15-8-9-18-16-28(18,30)25(32)33)29-26(34)35-17-23-21-12-6-4-10-19(21)20-11-5-7-13-22(20)23/h4-7,10-13,18,23H,3,8-9,14-17H2,1-2H3,(H,29,34)(H,32,33). The van der Waals surface area contributed by atoms with E-state index in [-0.39, 0.29) is 24.3 Å². The van der Waals surface area contributed by atoms with Crippen LogP contribution >= 0.6 is 0 Å². The van der Waals surface area contributed by atoms with Gasteiger partial charge in [0.1, 0.15) is 17.7 Å². The number of nitrogens with zero attached hydrogens (tertiary/aromatic N) is 1. The van der Waals surface area contributed by atoms with Crippen molar-refractivity contribution in [2.45, 2.75) is 62.9 Å². The Morgan fingerprint density at radius 2 is 1.74 bits per heavy atom. The number of fused-ring (bicyclic) bond motifs is 4. The summed E-state index contributed by atoms with van der Waals surface area (Å²) in [5.74, 6) is -1.36. The van der Waals surface area contributed by atoms with E-state index in [1.54, 1.807) is 6.92 Å². The number of hydrogen-bond acceptors (Lipinski definition) is 4. The SMILES string of the molecule is CCCC(C)(NC(=O)OCC1c2ccccc2-c2ccccc21)C(=O)N1CCCC2CC21C(=O)O. The van der Waals surface area contributed by atoms with Gasteiger partial charge in [-0.25, -0.2) is 9.59 Å². The Labute approximate surface area is 205 Å². The third-order valence-electron chi connectivity index (χ3n) is 8.05. The van der Waals surface area contributed by atoms with Gasteiger partial charge in [-0.05, 0) is 60.8 Å². The molecule has 7 nitrogen and oxygen atoms in total. The Morgan fingerprint density at radius 1 is 1.11 bits per heavy atom. The van der Waals surface area contributed by atoms with E-state index >= 15 is 0 Å². The summed E-state index contributed by atoms with van der Waals surface area (Å²) in [5, 5.41) is 12.7. The van der Waals surface area contributed by atoms with Gasteiger partial charge in [0.05, 0.1) is 0 Å². The van der Waals surface area contributed by atoms with Gasteiger partial charge < -0.3 is 20.1 Å². The molecule has 3 atom stereocenters. The summed E-state index contributed by atoms with van der Waals surface area (Å²) in [6, 6.07) is 16.2. The lowest BCUT2D eigenvalue weighted by Gasteiger charge is -2.40. The van der Waals surface area contributed by atoms with E-state index in [1.807, 2.05) is 31.2 Å². The molecule has 7 heteroatoms. The van der Waals surface area contributed by atoms with Gasteiger partial charge >= 0.3 is 12.1 Å². The highest BCUT2D eigenvalue weighted by molar-refractivity contribution is 5.96. The molecule has 35 heavy (non-hydrogen) atoms. The van der Waals surface area contributed by atoms with Crippen molar-refractivity contribution in [1.82, 2.24) is 10.2 Å². The lowest BCUT2D eigenvalue weighted by molar-refractivity contribution is -0.157. The molecule has 0 spiro atoms. The zero-order valence-corrected chi connectivity index (χ0v) is 20.3. The first-order chi connectivity index (χ1) is 16.8. The molecule has 184 valence electrons. The van der Waals surface area contributed by atoms with Crippen LogP contribution in [0.5, 0.6) is 0 Å². The van der Waals surface area contributed by atoms with E-state index in [0.29, 0.717) is 25.8 Å². The fourth-order valence-corrected chi connectivity index (χ4v) is 6.22. The molecule has 2 N–H and O–H groups in total. The number of carbonyl (C=O) groups is 3. The topological polar surface area (TPSA) is 95.9 Å². The molecule has 5 rings (SSSR count). The average Bonchev–Trinajstić information content (AvgIpc) is 3.53. The number of piperidine rings is 1. The molecule has 0 bridgehead atoms. The number of likely N-dealkylation sites (tertiary alicyclic amines) is 1. The summed E-state index contributed by atoms with van der Waals surface area (Å²) < 4.78 is 5.69. The summed E-state index contributed by atoms with van der Waals surface area (Å²) in [5.41, 5.74) is 2.17. The van der Waals surface area contributed by atoms with Crippen molar-refractivity contribution in [2.75, 3.05) is 13.2 Å². The summed E-state index contributed by atoms with van der Waals surface area (Å²) in [4.78, 5) is 40.2. The van der Waals surface area contributed by atoms with Gasteiger partial charge in [-0.2, -0.15) is 0 Å². The van der Waals surface area contributed by atoms with E-state index < -0.39 is 23.1 Å². The number of amides is 2. The Kier molecular flexibility index (Phi) is 5.82. The summed E-state index contributed by atoms with van der Waals surface area (Å²) in [7, 11) is 0. The quantitative estimate of drug-likeness (QED) is 0.611. The van der Waals surface area contributed by atoms with E-state index in [0.717, 1.165) is 35.1 Å². The summed E-state index contributed by atoms with van der Waals surface area (Å²) in [6.07, 6.45) is 2.47. The molecular weight excluding hydrogens is 444 g/mol. The molecule has 2 aliphatic carbocycles. The zero-order valence-electron chi connectivity index (χ0n) is 20.3. The molecule has 3 unspecified atom stereocenters. The van der Waals surface area contributed by atoms with Crippen LogP contribution in [-0.4, -0.2) is 52.2 Å². The van der Waals surface area contributed by atoms with Crippen LogP contribution in [0.15, 0.2) is 48.5 Å². The van der Waals surface area contributed by atoms with Gasteiger partial charge in [-0.1, -0.05) is 61.9 Å². The number of aliphatic carboxylic acids is 1. The van der Waals surface area contributed by atoms with Gasteiger partial charge in [0, 0.05) is 12.5 Å². The van der Waals surface area contributed by atoms with Crippen LogP contribution in [-0.2, 0) is 14.3 Å². The number of hydrogen-bond donors (Lipinski definition) is 2. The minimum atomic E-state index is -1.23. The van der Waals surface area contributed by atoms with Crippen LogP contribution in [0.25, 0.3) is 11.1 Å². The maximum Gasteiger partial charge on any atom is 0.408 e. The number of carboxylic acid groups (broad SMARTS) is 1. The van der Waals surface area contributed by atoms with Crippen molar-refractivity contribution in [3.63, 3.8) is 0 Å². The number of benzene rings is 2. The van der Waals surface area contributed by atoms with Gasteiger partial charge in [0.25, 0.3) is 0 Å². The first-order valence-corrected chi connectivity index (χ1v) is 12.5. The highest BCUT2D eigenvalue weighted by Crippen LogP contribution is 2.55.